The van der Waals surface area contributed by atoms with Crippen molar-refractivity contribution in [3.05, 3.63) is 47.5 Å². The van der Waals surface area contributed by atoms with Crippen molar-refractivity contribution >= 4 is 12.2 Å². The Kier molecular flexibility index (Phi) is 4.95. The quantitative estimate of drug-likeness (QED) is 0.629. The van der Waals surface area contributed by atoms with Gasteiger partial charge in [0.25, 0.3) is 0 Å². The van der Waals surface area contributed by atoms with Crippen molar-refractivity contribution in [2.24, 2.45) is 0 Å². The van der Waals surface area contributed by atoms with Gasteiger partial charge in [-0.1, -0.05) is 6.08 Å². The van der Waals surface area contributed by atoms with E-state index in [0.717, 1.165) is 17.3 Å². The van der Waals surface area contributed by atoms with E-state index in [0.29, 0.717) is 24.5 Å². The van der Waals surface area contributed by atoms with E-state index in [1.165, 1.54) is 0 Å². The summed E-state index contributed by atoms with van der Waals surface area (Å²) < 4.78 is 13.5. The van der Waals surface area contributed by atoms with Gasteiger partial charge in [-0.05, 0) is 43.4 Å². The number of allylic oxidation sites excluding steroid dienone is 1. The average Bonchev–Trinajstić information content (AvgIpc) is 2.80. The highest BCUT2D eigenvalue weighted by Gasteiger charge is 2.05. The molecule has 0 saturated carbocycles. The lowest BCUT2D eigenvalue weighted by molar-refractivity contribution is 0.288. The van der Waals surface area contributed by atoms with Crippen molar-refractivity contribution in [2.45, 2.75) is 20.1 Å². The van der Waals surface area contributed by atoms with Gasteiger partial charge in [0.15, 0.2) is 10.6 Å². The topological polar surface area (TPSA) is 52.1 Å². The molecule has 0 radical (unpaired) electrons. The average molecular weight is 291 g/mol. The van der Waals surface area contributed by atoms with E-state index in [4.69, 9.17) is 21.7 Å². The molecule has 0 aliphatic rings. The molecule has 1 aromatic heterocycles. The van der Waals surface area contributed by atoms with Crippen LogP contribution in [0.25, 0.3) is 0 Å². The predicted molar refractivity (Wildman–Crippen MR) is 79.6 cm³/mol. The molecule has 1 N–H and O–H groups in total. The molecule has 0 amide bonds. The second-order valence-corrected chi connectivity index (χ2v) is 4.42. The second-order valence-electron chi connectivity index (χ2n) is 4.04. The summed E-state index contributed by atoms with van der Waals surface area (Å²) in [5.74, 6) is 2.32. The van der Waals surface area contributed by atoms with Gasteiger partial charge in [-0.25, -0.2) is 0 Å². The van der Waals surface area contributed by atoms with E-state index in [-0.39, 0.29) is 0 Å². The second kappa shape index (κ2) is 6.91. The summed E-state index contributed by atoms with van der Waals surface area (Å²) in [5, 5.41) is 6.90. The molecule has 1 heterocycles. The number of H-pyrrole nitrogens is 1. The minimum Gasteiger partial charge on any atom is -0.494 e. The standard InChI is InChI=1S/C14H17N3O2S/c1-3-9-17-13(15-16-14(17)20)10-19-12-7-5-11(6-8-12)18-4-2/h3,5-8H,1,4,9-10H2,2H3,(H,16,20). The summed E-state index contributed by atoms with van der Waals surface area (Å²) in [5.41, 5.74) is 0. The molecule has 0 saturated heterocycles. The van der Waals surface area contributed by atoms with E-state index in [2.05, 4.69) is 16.8 Å². The van der Waals surface area contributed by atoms with Crippen molar-refractivity contribution in [2.75, 3.05) is 6.61 Å². The van der Waals surface area contributed by atoms with Gasteiger partial charge in [-0.2, -0.15) is 5.10 Å². The number of hydrogen-bond acceptors (Lipinski definition) is 4. The third-order valence-corrected chi connectivity index (χ3v) is 2.96. The molecule has 0 bridgehead atoms. The molecule has 20 heavy (non-hydrogen) atoms. The summed E-state index contributed by atoms with van der Waals surface area (Å²) in [6.07, 6.45) is 1.77. The lowest BCUT2D eigenvalue weighted by Gasteiger charge is -2.08. The SMILES string of the molecule is C=CCn1c(COc2ccc(OCC)cc2)n[nH]c1=S. The third kappa shape index (κ3) is 3.48. The number of aromatic nitrogens is 3. The molecule has 0 aliphatic carbocycles. The Labute approximate surface area is 122 Å². The number of rotatable bonds is 7. The highest BCUT2D eigenvalue weighted by molar-refractivity contribution is 7.71. The minimum absolute atomic E-state index is 0.342. The molecular weight excluding hydrogens is 274 g/mol. The number of benzene rings is 1. The fraction of sp³-hybridized carbons (Fsp3) is 0.286. The lowest BCUT2D eigenvalue weighted by atomic mass is 10.3. The molecule has 0 unspecified atom stereocenters. The Bertz CT molecular complexity index is 616. The van der Waals surface area contributed by atoms with Gasteiger partial charge in [-0.15, -0.1) is 6.58 Å². The fourth-order valence-electron chi connectivity index (χ4n) is 1.72. The summed E-state index contributed by atoms with van der Waals surface area (Å²) in [4.78, 5) is 0. The molecule has 2 rings (SSSR count). The van der Waals surface area contributed by atoms with Gasteiger partial charge in [0, 0.05) is 6.54 Å². The van der Waals surface area contributed by atoms with Gasteiger partial charge in [-0.3, -0.25) is 9.67 Å². The maximum Gasteiger partial charge on any atom is 0.195 e. The maximum atomic E-state index is 5.69. The van der Waals surface area contributed by atoms with Crippen molar-refractivity contribution in [1.82, 2.24) is 14.8 Å². The zero-order valence-corrected chi connectivity index (χ0v) is 12.2. The van der Waals surface area contributed by atoms with Crippen LogP contribution < -0.4 is 9.47 Å². The predicted octanol–water partition coefficient (Wildman–Crippen LogP) is 3.10. The molecule has 0 fully saturated rings. The molecule has 0 atom stereocenters. The smallest absolute Gasteiger partial charge is 0.195 e. The van der Waals surface area contributed by atoms with Gasteiger partial charge in [0.2, 0.25) is 0 Å². The molecule has 0 spiro atoms. The molecule has 0 aliphatic heterocycles. The summed E-state index contributed by atoms with van der Waals surface area (Å²) in [7, 11) is 0. The molecule has 1 aromatic carbocycles. The maximum absolute atomic E-state index is 5.69. The van der Waals surface area contributed by atoms with Crippen LogP contribution in [0.3, 0.4) is 0 Å². The number of hydrogen-bond donors (Lipinski definition) is 1. The minimum atomic E-state index is 0.342. The van der Waals surface area contributed by atoms with Crippen LogP contribution >= 0.6 is 12.2 Å². The van der Waals surface area contributed by atoms with E-state index in [9.17, 15) is 0 Å². The number of ether oxygens (including phenoxy) is 2. The largest absolute Gasteiger partial charge is 0.494 e. The van der Waals surface area contributed by atoms with Crippen LogP contribution in [0.2, 0.25) is 0 Å². The number of nitrogens with one attached hydrogen (secondary N) is 1. The van der Waals surface area contributed by atoms with Gasteiger partial charge >= 0.3 is 0 Å². The summed E-state index contributed by atoms with van der Waals surface area (Å²) in [6.45, 7) is 7.25. The molecule has 6 heteroatoms. The summed E-state index contributed by atoms with van der Waals surface area (Å²) in [6, 6.07) is 7.48. The fourth-order valence-corrected chi connectivity index (χ4v) is 1.95. The first-order valence-electron chi connectivity index (χ1n) is 6.35. The highest BCUT2D eigenvalue weighted by atomic mass is 32.1. The van der Waals surface area contributed by atoms with Crippen LogP contribution in [-0.2, 0) is 13.2 Å². The van der Waals surface area contributed by atoms with Crippen LogP contribution in [-0.4, -0.2) is 21.4 Å². The van der Waals surface area contributed by atoms with Gasteiger partial charge < -0.3 is 9.47 Å². The Morgan fingerprint density at radius 1 is 1.30 bits per heavy atom. The Balaban J connectivity index is 2.01. The van der Waals surface area contributed by atoms with Crippen molar-refractivity contribution < 1.29 is 9.47 Å². The van der Waals surface area contributed by atoms with E-state index >= 15 is 0 Å². The Morgan fingerprint density at radius 3 is 2.55 bits per heavy atom. The van der Waals surface area contributed by atoms with Gasteiger partial charge in [0.1, 0.15) is 18.1 Å². The van der Waals surface area contributed by atoms with E-state index in [1.54, 1.807) is 6.08 Å². The Hall–Kier alpha value is -2.08. The summed E-state index contributed by atoms with van der Waals surface area (Å²) >= 11 is 5.14. The molecular formula is C14H17N3O2S. The van der Waals surface area contributed by atoms with Crippen molar-refractivity contribution in [3.8, 4) is 11.5 Å². The lowest BCUT2D eigenvalue weighted by Crippen LogP contribution is -2.06. The van der Waals surface area contributed by atoms with Crippen molar-refractivity contribution in [3.63, 3.8) is 0 Å². The van der Waals surface area contributed by atoms with Crippen LogP contribution in [0, 0.1) is 4.77 Å². The zero-order valence-electron chi connectivity index (χ0n) is 11.3. The van der Waals surface area contributed by atoms with Crippen LogP contribution in [0.4, 0.5) is 0 Å². The first kappa shape index (κ1) is 14.3. The monoisotopic (exact) mass is 291 g/mol. The number of aromatic amines is 1. The zero-order chi connectivity index (χ0) is 14.4. The van der Waals surface area contributed by atoms with Crippen LogP contribution in [0.5, 0.6) is 11.5 Å². The normalized spacial score (nSPS) is 10.2. The Morgan fingerprint density at radius 2 is 1.95 bits per heavy atom. The van der Waals surface area contributed by atoms with Gasteiger partial charge in [0.05, 0.1) is 6.61 Å². The van der Waals surface area contributed by atoms with Crippen molar-refractivity contribution in [1.29, 1.82) is 0 Å². The molecule has 2 aromatic rings. The third-order valence-electron chi connectivity index (χ3n) is 2.65. The first-order valence-corrected chi connectivity index (χ1v) is 6.76. The number of nitrogens with zero attached hydrogens (tertiary/aromatic N) is 2. The first-order chi connectivity index (χ1) is 9.74. The molecule has 106 valence electrons. The highest BCUT2D eigenvalue weighted by Crippen LogP contribution is 2.18. The van der Waals surface area contributed by atoms with Crippen LogP contribution in [0.15, 0.2) is 36.9 Å². The van der Waals surface area contributed by atoms with E-state index in [1.807, 2.05) is 35.8 Å². The van der Waals surface area contributed by atoms with E-state index < -0.39 is 0 Å². The van der Waals surface area contributed by atoms with Crippen LogP contribution in [0.1, 0.15) is 12.7 Å². The molecule has 5 nitrogen and oxygen atoms in total.